The van der Waals surface area contributed by atoms with Crippen LogP contribution in [0.3, 0.4) is 0 Å². The third kappa shape index (κ3) is 1.05. The van der Waals surface area contributed by atoms with Gasteiger partial charge in [-0.3, -0.25) is 4.79 Å². The lowest BCUT2D eigenvalue weighted by Gasteiger charge is -2.14. The second-order valence-corrected chi connectivity index (χ2v) is 3.74. The Labute approximate surface area is 72.4 Å². The first-order chi connectivity index (χ1) is 4.46. The minimum Gasteiger partial charge on any atom is -0.384 e. The third-order valence-corrected chi connectivity index (χ3v) is 2.30. The highest BCUT2D eigenvalue weighted by Crippen LogP contribution is 2.37. The highest BCUT2D eigenvalue weighted by atomic mass is 35.5. The van der Waals surface area contributed by atoms with E-state index < -0.39 is 16.2 Å². The molecule has 1 aliphatic carbocycles. The zero-order chi connectivity index (χ0) is 7.94. The predicted molar refractivity (Wildman–Crippen MR) is 39.4 cm³/mol. The van der Waals surface area contributed by atoms with Crippen LogP contribution in [0.15, 0.2) is 11.1 Å². The molecule has 0 heterocycles. The lowest BCUT2D eigenvalue weighted by Crippen LogP contribution is -2.32. The monoisotopic (exact) mass is 200 g/mol. The van der Waals surface area contributed by atoms with Crippen molar-refractivity contribution in [2.75, 3.05) is 0 Å². The van der Waals surface area contributed by atoms with Gasteiger partial charge in [0.15, 0.2) is 5.78 Å². The molecule has 0 spiro atoms. The van der Waals surface area contributed by atoms with Crippen LogP contribution >= 0.6 is 34.8 Å². The van der Waals surface area contributed by atoms with Crippen molar-refractivity contribution in [1.82, 2.24) is 0 Å². The maximum Gasteiger partial charge on any atom is 0.210 e. The number of aliphatic hydroxyl groups excluding tert-OH is 1. The molecule has 5 heteroatoms. The first kappa shape index (κ1) is 8.34. The molecule has 0 aromatic rings. The normalized spacial score (nSPS) is 30.6. The van der Waals surface area contributed by atoms with E-state index in [-0.39, 0.29) is 5.03 Å². The Morgan fingerprint density at radius 2 is 2.10 bits per heavy atom. The van der Waals surface area contributed by atoms with Crippen molar-refractivity contribution in [1.29, 1.82) is 0 Å². The molecule has 0 fully saturated rings. The van der Waals surface area contributed by atoms with E-state index in [4.69, 9.17) is 39.9 Å². The molecule has 0 aliphatic heterocycles. The Balaban J connectivity index is 2.98. The molecule has 0 aromatic heterocycles. The molecule has 0 saturated carbocycles. The summed E-state index contributed by atoms with van der Waals surface area (Å²) >= 11 is 16.1. The Bertz CT molecular complexity index is 209. The lowest BCUT2D eigenvalue weighted by atomic mass is 10.3. The number of carbonyl (C=O) groups excluding carboxylic acids is 1. The lowest BCUT2D eigenvalue weighted by molar-refractivity contribution is -0.115. The largest absolute Gasteiger partial charge is 0.384 e. The number of rotatable bonds is 0. The minimum absolute atomic E-state index is 0.0185. The molecule has 1 N–H and O–H groups in total. The molecule has 56 valence electrons. The molecule has 1 aliphatic rings. The molecule has 1 unspecified atom stereocenters. The SMILES string of the molecule is O=C1C=C(Cl)C(O)C1(Cl)Cl. The van der Waals surface area contributed by atoms with Gasteiger partial charge < -0.3 is 5.11 Å². The van der Waals surface area contributed by atoms with Gasteiger partial charge in [0.05, 0.1) is 5.03 Å². The van der Waals surface area contributed by atoms with Crippen LogP contribution in [0.5, 0.6) is 0 Å². The number of halogens is 3. The average Bonchev–Trinajstić information content (AvgIpc) is 1.97. The standard InChI is InChI=1S/C5H3Cl3O2/c6-2-1-3(9)5(7,8)4(2)10/h1,4,10H. The van der Waals surface area contributed by atoms with Gasteiger partial charge in [-0.05, 0) is 0 Å². The van der Waals surface area contributed by atoms with Crippen molar-refractivity contribution in [2.24, 2.45) is 0 Å². The van der Waals surface area contributed by atoms with Crippen LogP contribution in [0.2, 0.25) is 0 Å². The van der Waals surface area contributed by atoms with Gasteiger partial charge in [-0.2, -0.15) is 0 Å². The summed E-state index contributed by atoms with van der Waals surface area (Å²) in [4.78, 5) is 10.7. The molecule has 0 saturated heterocycles. The van der Waals surface area contributed by atoms with E-state index in [1.807, 2.05) is 0 Å². The smallest absolute Gasteiger partial charge is 0.210 e. The Kier molecular flexibility index (Phi) is 1.98. The molecule has 0 aromatic carbocycles. The van der Waals surface area contributed by atoms with Gasteiger partial charge in [-0.1, -0.05) is 34.8 Å². The van der Waals surface area contributed by atoms with E-state index in [1.54, 1.807) is 0 Å². The molecule has 0 amide bonds. The van der Waals surface area contributed by atoms with Crippen LogP contribution < -0.4 is 0 Å². The molecule has 1 atom stereocenters. The molecule has 0 radical (unpaired) electrons. The fraction of sp³-hybridized carbons (Fsp3) is 0.400. The van der Waals surface area contributed by atoms with Crippen molar-refractivity contribution in [3.63, 3.8) is 0 Å². The van der Waals surface area contributed by atoms with Crippen LogP contribution in [-0.2, 0) is 4.79 Å². The molecule has 1 rings (SSSR count). The van der Waals surface area contributed by atoms with Crippen LogP contribution in [0.1, 0.15) is 0 Å². The topological polar surface area (TPSA) is 37.3 Å². The maximum atomic E-state index is 10.7. The van der Waals surface area contributed by atoms with Crippen LogP contribution in [-0.4, -0.2) is 21.3 Å². The van der Waals surface area contributed by atoms with Gasteiger partial charge in [0.25, 0.3) is 0 Å². The third-order valence-electron chi connectivity index (χ3n) is 1.20. The van der Waals surface area contributed by atoms with E-state index in [9.17, 15) is 4.79 Å². The van der Waals surface area contributed by atoms with Crippen molar-refractivity contribution < 1.29 is 9.90 Å². The summed E-state index contributed by atoms with van der Waals surface area (Å²) in [6, 6.07) is 0. The second kappa shape index (κ2) is 2.38. The zero-order valence-electron chi connectivity index (χ0n) is 4.64. The van der Waals surface area contributed by atoms with E-state index in [1.165, 1.54) is 0 Å². The van der Waals surface area contributed by atoms with Gasteiger partial charge in [0.2, 0.25) is 4.33 Å². The van der Waals surface area contributed by atoms with E-state index >= 15 is 0 Å². The number of hydrogen-bond donors (Lipinski definition) is 1. The number of aliphatic hydroxyl groups is 1. The minimum atomic E-state index is -1.78. The predicted octanol–water partition coefficient (Wildman–Crippen LogP) is 1.23. The summed E-state index contributed by atoms with van der Waals surface area (Å²) in [5.41, 5.74) is 0. The van der Waals surface area contributed by atoms with E-state index in [2.05, 4.69) is 0 Å². The summed E-state index contributed by atoms with van der Waals surface area (Å²) in [5.74, 6) is -0.576. The summed E-state index contributed by atoms with van der Waals surface area (Å²) in [5, 5.41) is 8.99. The Morgan fingerprint density at radius 1 is 1.60 bits per heavy atom. The van der Waals surface area contributed by atoms with Crippen LogP contribution in [0.4, 0.5) is 0 Å². The van der Waals surface area contributed by atoms with E-state index in [0.29, 0.717) is 0 Å². The number of alkyl halides is 2. The first-order valence-electron chi connectivity index (χ1n) is 2.43. The first-order valence-corrected chi connectivity index (χ1v) is 3.57. The summed E-state index contributed by atoms with van der Waals surface area (Å²) in [6.45, 7) is 0. The number of hydrogen-bond acceptors (Lipinski definition) is 2. The van der Waals surface area contributed by atoms with Crippen molar-refractivity contribution in [3.05, 3.63) is 11.1 Å². The van der Waals surface area contributed by atoms with Crippen molar-refractivity contribution in [2.45, 2.75) is 10.4 Å². The van der Waals surface area contributed by atoms with Gasteiger partial charge in [-0.25, -0.2) is 0 Å². The molecule has 10 heavy (non-hydrogen) atoms. The fourth-order valence-electron chi connectivity index (χ4n) is 0.608. The Hall–Kier alpha value is 0.240. The highest BCUT2D eigenvalue weighted by molar-refractivity contribution is 6.62. The Morgan fingerprint density at radius 3 is 2.20 bits per heavy atom. The number of allylic oxidation sites excluding steroid dienone is 1. The van der Waals surface area contributed by atoms with Gasteiger partial charge in [0.1, 0.15) is 6.10 Å². The molecule has 2 nitrogen and oxygen atoms in total. The van der Waals surface area contributed by atoms with E-state index in [0.717, 1.165) is 6.08 Å². The fourth-order valence-corrected chi connectivity index (χ4v) is 1.33. The van der Waals surface area contributed by atoms with Gasteiger partial charge >= 0.3 is 0 Å². The van der Waals surface area contributed by atoms with Gasteiger partial charge in [-0.15, -0.1) is 0 Å². The van der Waals surface area contributed by atoms with Crippen molar-refractivity contribution >= 4 is 40.6 Å². The summed E-state index contributed by atoms with van der Waals surface area (Å²) in [6.07, 6.45) is -0.267. The average molecular weight is 201 g/mol. The summed E-state index contributed by atoms with van der Waals surface area (Å²) in [7, 11) is 0. The zero-order valence-corrected chi connectivity index (χ0v) is 6.91. The van der Waals surface area contributed by atoms with Crippen LogP contribution in [0, 0.1) is 0 Å². The van der Waals surface area contributed by atoms with Crippen LogP contribution in [0.25, 0.3) is 0 Å². The van der Waals surface area contributed by atoms with Gasteiger partial charge in [0, 0.05) is 6.08 Å². The maximum absolute atomic E-state index is 10.7. The summed E-state index contributed by atoms with van der Waals surface area (Å²) < 4.78 is -1.78. The second-order valence-electron chi connectivity index (χ2n) is 1.92. The molecular formula is C5H3Cl3O2. The highest BCUT2D eigenvalue weighted by Gasteiger charge is 2.47. The number of carbonyl (C=O) groups is 1. The molecular weight excluding hydrogens is 198 g/mol. The number of ketones is 1. The quantitative estimate of drug-likeness (QED) is 0.599. The van der Waals surface area contributed by atoms with Crippen molar-refractivity contribution in [3.8, 4) is 0 Å². The molecule has 0 bridgehead atoms.